The first-order valence-corrected chi connectivity index (χ1v) is 3.31. The fourth-order valence-electron chi connectivity index (χ4n) is 1.06. The van der Waals surface area contributed by atoms with Gasteiger partial charge >= 0.3 is 0 Å². The topological polar surface area (TPSA) is 26.7 Å². The maximum atomic E-state index is 9.07. The summed E-state index contributed by atoms with van der Waals surface area (Å²) in [6.45, 7) is 4.77. The summed E-state index contributed by atoms with van der Waals surface area (Å²) in [5.41, 5.74) is 0. The molecule has 0 spiro atoms. The SMILES string of the molecule is CC(O)N1CCN(C)C1. The van der Waals surface area contributed by atoms with Crippen LogP contribution in [0.2, 0.25) is 0 Å². The minimum absolute atomic E-state index is 0.282. The lowest BCUT2D eigenvalue weighted by Gasteiger charge is -2.17. The summed E-state index contributed by atoms with van der Waals surface area (Å²) < 4.78 is 0. The van der Waals surface area contributed by atoms with E-state index in [4.69, 9.17) is 5.11 Å². The molecule has 1 aliphatic rings. The molecule has 0 aromatic rings. The van der Waals surface area contributed by atoms with Crippen molar-refractivity contribution in [1.29, 1.82) is 0 Å². The smallest absolute Gasteiger partial charge is 0.105 e. The number of aliphatic hydroxyl groups is 1. The number of aliphatic hydroxyl groups excluding tert-OH is 1. The van der Waals surface area contributed by atoms with Gasteiger partial charge in [-0.15, -0.1) is 0 Å². The molecule has 0 radical (unpaired) electrons. The molecule has 3 heteroatoms. The van der Waals surface area contributed by atoms with Gasteiger partial charge in [-0.3, -0.25) is 9.80 Å². The third-order valence-electron chi connectivity index (χ3n) is 1.72. The Balaban J connectivity index is 2.30. The molecule has 1 unspecified atom stereocenters. The molecule has 0 bridgehead atoms. The second kappa shape index (κ2) is 2.64. The Morgan fingerprint density at radius 2 is 2.11 bits per heavy atom. The molecule has 1 heterocycles. The third kappa shape index (κ3) is 1.64. The molecule has 0 aliphatic carbocycles. The highest BCUT2D eigenvalue weighted by Crippen LogP contribution is 2.03. The molecule has 0 amide bonds. The zero-order valence-electron chi connectivity index (χ0n) is 6.04. The lowest BCUT2D eigenvalue weighted by Crippen LogP contribution is -2.31. The van der Waals surface area contributed by atoms with E-state index in [-0.39, 0.29) is 6.23 Å². The lowest BCUT2D eigenvalue weighted by molar-refractivity contribution is 0.0271. The molecule has 9 heavy (non-hydrogen) atoms. The molecule has 1 N–H and O–H groups in total. The van der Waals surface area contributed by atoms with E-state index in [9.17, 15) is 0 Å². The molecule has 1 atom stereocenters. The van der Waals surface area contributed by atoms with Crippen LogP contribution in [0.3, 0.4) is 0 Å². The van der Waals surface area contributed by atoms with E-state index >= 15 is 0 Å². The molecular formula is C6H14N2O. The van der Waals surface area contributed by atoms with Gasteiger partial charge in [0, 0.05) is 13.1 Å². The van der Waals surface area contributed by atoms with Gasteiger partial charge in [0.15, 0.2) is 0 Å². The second-order valence-corrected chi connectivity index (χ2v) is 2.67. The number of nitrogens with zero attached hydrogens (tertiary/aromatic N) is 2. The van der Waals surface area contributed by atoms with E-state index in [1.807, 2.05) is 4.90 Å². The first-order chi connectivity index (χ1) is 4.20. The van der Waals surface area contributed by atoms with Crippen LogP contribution in [0.5, 0.6) is 0 Å². The van der Waals surface area contributed by atoms with Gasteiger partial charge < -0.3 is 5.11 Å². The Bertz CT molecular complexity index is 95.1. The third-order valence-corrected chi connectivity index (χ3v) is 1.72. The van der Waals surface area contributed by atoms with Gasteiger partial charge in [0.2, 0.25) is 0 Å². The summed E-state index contributed by atoms with van der Waals surface area (Å²) in [6, 6.07) is 0. The van der Waals surface area contributed by atoms with Crippen LogP contribution in [0.1, 0.15) is 6.92 Å². The van der Waals surface area contributed by atoms with Gasteiger partial charge in [0.1, 0.15) is 6.23 Å². The molecule has 0 aromatic carbocycles. The highest BCUT2D eigenvalue weighted by atomic mass is 16.3. The van der Waals surface area contributed by atoms with Crippen LogP contribution in [0, 0.1) is 0 Å². The minimum Gasteiger partial charge on any atom is -0.379 e. The zero-order valence-corrected chi connectivity index (χ0v) is 6.04. The molecule has 1 aliphatic heterocycles. The first-order valence-electron chi connectivity index (χ1n) is 3.31. The summed E-state index contributed by atoms with van der Waals surface area (Å²) in [6.07, 6.45) is -0.282. The number of rotatable bonds is 1. The molecule has 1 fully saturated rings. The monoisotopic (exact) mass is 130 g/mol. The standard InChI is InChI=1S/C6H14N2O/c1-6(9)8-4-3-7(2)5-8/h6,9H,3-5H2,1-2H3. The fraction of sp³-hybridized carbons (Fsp3) is 1.00. The van der Waals surface area contributed by atoms with Crippen LogP contribution < -0.4 is 0 Å². The van der Waals surface area contributed by atoms with E-state index in [2.05, 4.69) is 11.9 Å². The van der Waals surface area contributed by atoms with Crippen LogP contribution in [0.25, 0.3) is 0 Å². The second-order valence-electron chi connectivity index (χ2n) is 2.67. The van der Waals surface area contributed by atoms with Crippen LogP contribution in [-0.2, 0) is 0 Å². The van der Waals surface area contributed by atoms with Crippen molar-refractivity contribution in [2.45, 2.75) is 13.2 Å². The molecule has 54 valence electrons. The quantitative estimate of drug-likeness (QED) is 0.520. The van der Waals surface area contributed by atoms with Gasteiger partial charge in [0.05, 0.1) is 6.67 Å². The Labute approximate surface area is 55.9 Å². The zero-order chi connectivity index (χ0) is 6.85. The lowest BCUT2D eigenvalue weighted by atomic mass is 10.5. The van der Waals surface area contributed by atoms with Crippen LogP contribution in [0.15, 0.2) is 0 Å². The van der Waals surface area contributed by atoms with Gasteiger partial charge in [-0.2, -0.15) is 0 Å². The molecule has 0 aromatic heterocycles. The maximum absolute atomic E-state index is 9.07. The number of hydrogen-bond acceptors (Lipinski definition) is 3. The van der Waals surface area contributed by atoms with E-state index in [0.29, 0.717) is 0 Å². The van der Waals surface area contributed by atoms with Crippen molar-refractivity contribution in [3.05, 3.63) is 0 Å². The van der Waals surface area contributed by atoms with Crippen molar-refractivity contribution in [3.8, 4) is 0 Å². The predicted octanol–water partition coefficient (Wildman–Crippen LogP) is -0.470. The summed E-state index contributed by atoms with van der Waals surface area (Å²) in [5, 5.41) is 9.07. The van der Waals surface area contributed by atoms with Crippen molar-refractivity contribution < 1.29 is 5.11 Å². The summed E-state index contributed by atoms with van der Waals surface area (Å²) in [5.74, 6) is 0. The Morgan fingerprint density at radius 3 is 2.33 bits per heavy atom. The van der Waals surface area contributed by atoms with Gasteiger partial charge in [-0.1, -0.05) is 0 Å². The van der Waals surface area contributed by atoms with Crippen molar-refractivity contribution in [1.82, 2.24) is 9.80 Å². The van der Waals surface area contributed by atoms with E-state index in [1.165, 1.54) is 0 Å². The molecular weight excluding hydrogens is 116 g/mol. The largest absolute Gasteiger partial charge is 0.379 e. The van der Waals surface area contributed by atoms with Crippen LogP contribution >= 0.6 is 0 Å². The van der Waals surface area contributed by atoms with Crippen molar-refractivity contribution in [2.75, 3.05) is 26.8 Å². The maximum Gasteiger partial charge on any atom is 0.105 e. The summed E-state index contributed by atoms with van der Waals surface area (Å²) in [7, 11) is 2.06. The Morgan fingerprint density at radius 1 is 1.44 bits per heavy atom. The highest BCUT2D eigenvalue weighted by molar-refractivity contribution is 4.67. The highest BCUT2D eigenvalue weighted by Gasteiger charge is 2.18. The molecule has 0 saturated carbocycles. The number of likely N-dealkylation sites (N-methyl/N-ethyl adjacent to an activating group) is 1. The molecule has 1 rings (SSSR count). The summed E-state index contributed by atoms with van der Waals surface area (Å²) in [4.78, 5) is 4.22. The average Bonchev–Trinajstić information content (AvgIpc) is 2.14. The van der Waals surface area contributed by atoms with Crippen molar-refractivity contribution >= 4 is 0 Å². The molecule has 3 nitrogen and oxygen atoms in total. The number of hydrogen-bond donors (Lipinski definition) is 1. The average molecular weight is 130 g/mol. The normalized spacial score (nSPS) is 27.0. The first kappa shape index (κ1) is 6.99. The Hall–Kier alpha value is -0.120. The van der Waals surface area contributed by atoms with E-state index in [0.717, 1.165) is 19.8 Å². The Kier molecular flexibility index (Phi) is 2.05. The van der Waals surface area contributed by atoms with Gasteiger partial charge in [0.25, 0.3) is 0 Å². The minimum atomic E-state index is -0.282. The van der Waals surface area contributed by atoms with Crippen molar-refractivity contribution in [3.63, 3.8) is 0 Å². The summed E-state index contributed by atoms with van der Waals surface area (Å²) >= 11 is 0. The van der Waals surface area contributed by atoms with E-state index < -0.39 is 0 Å². The van der Waals surface area contributed by atoms with E-state index in [1.54, 1.807) is 6.92 Å². The van der Waals surface area contributed by atoms with Crippen molar-refractivity contribution in [2.24, 2.45) is 0 Å². The van der Waals surface area contributed by atoms with Gasteiger partial charge in [-0.05, 0) is 14.0 Å². The van der Waals surface area contributed by atoms with Gasteiger partial charge in [-0.25, -0.2) is 0 Å². The van der Waals surface area contributed by atoms with Crippen LogP contribution in [0.4, 0.5) is 0 Å². The fourth-order valence-corrected chi connectivity index (χ4v) is 1.06. The predicted molar refractivity (Wildman–Crippen MR) is 35.9 cm³/mol. The van der Waals surface area contributed by atoms with Crippen LogP contribution in [-0.4, -0.2) is 47.9 Å². The molecule has 1 saturated heterocycles.